The Balaban J connectivity index is 1.51. The van der Waals surface area contributed by atoms with E-state index in [0.29, 0.717) is 18.5 Å². The van der Waals surface area contributed by atoms with Gasteiger partial charge < -0.3 is 11.1 Å². The molecular formula is C18H33N3O. The SMILES string of the molecule is CC(NC(=O)C(C)N1CCC(C)(CN)C1)C1CC2CCC1C2. The van der Waals surface area contributed by atoms with E-state index in [4.69, 9.17) is 5.73 Å². The highest BCUT2D eigenvalue weighted by molar-refractivity contribution is 5.81. The Hall–Kier alpha value is -0.610. The number of likely N-dealkylation sites (tertiary alicyclic amines) is 1. The maximum absolute atomic E-state index is 12.6. The number of hydrogen-bond acceptors (Lipinski definition) is 3. The van der Waals surface area contributed by atoms with Crippen molar-refractivity contribution in [3.63, 3.8) is 0 Å². The van der Waals surface area contributed by atoms with Crippen LogP contribution in [0, 0.1) is 23.2 Å². The van der Waals surface area contributed by atoms with Crippen molar-refractivity contribution in [3.05, 3.63) is 0 Å². The van der Waals surface area contributed by atoms with Gasteiger partial charge in [0.25, 0.3) is 0 Å². The average Bonchev–Trinajstić information content (AvgIpc) is 3.21. The van der Waals surface area contributed by atoms with E-state index in [2.05, 4.69) is 24.1 Å². The molecule has 0 aromatic rings. The zero-order valence-corrected chi connectivity index (χ0v) is 14.5. The molecule has 1 heterocycles. The summed E-state index contributed by atoms with van der Waals surface area (Å²) in [6.45, 7) is 9.13. The molecule has 2 saturated carbocycles. The van der Waals surface area contributed by atoms with E-state index >= 15 is 0 Å². The number of amides is 1. The Morgan fingerprint density at radius 3 is 2.68 bits per heavy atom. The minimum Gasteiger partial charge on any atom is -0.352 e. The van der Waals surface area contributed by atoms with Gasteiger partial charge in [-0.15, -0.1) is 0 Å². The van der Waals surface area contributed by atoms with E-state index in [1.165, 1.54) is 25.7 Å². The predicted octanol–water partition coefficient (Wildman–Crippen LogP) is 1.99. The van der Waals surface area contributed by atoms with Crippen LogP contribution in [0.4, 0.5) is 0 Å². The first kappa shape index (κ1) is 16.3. The Bertz CT molecular complexity index is 427. The molecule has 1 saturated heterocycles. The molecule has 0 aromatic heterocycles. The molecule has 126 valence electrons. The van der Waals surface area contributed by atoms with E-state index in [0.717, 1.165) is 31.3 Å². The van der Waals surface area contributed by atoms with Gasteiger partial charge in [-0.2, -0.15) is 0 Å². The fourth-order valence-corrected chi connectivity index (χ4v) is 5.08. The van der Waals surface area contributed by atoms with Gasteiger partial charge >= 0.3 is 0 Å². The monoisotopic (exact) mass is 307 g/mol. The molecule has 6 atom stereocenters. The molecule has 3 aliphatic rings. The number of carbonyl (C=O) groups excluding carboxylic acids is 1. The van der Waals surface area contributed by atoms with Crippen molar-refractivity contribution in [2.24, 2.45) is 28.9 Å². The number of hydrogen-bond donors (Lipinski definition) is 2. The summed E-state index contributed by atoms with van der Waals surface area (Å²) in [5.41, 5.74) is 6.06. The Morgan fingerprint density at radius 2 is 2.14 bits per heavy atom. The van der Waals surface area contributed by atoms with Crippen LogP contribution in [0.25, 0.3) is 0 Å². The number of nitrogens with zero attached hydrogens (tertiary/aromatic N) is 1. The average molecular weight is 307 g/mol. The molecule has 3 fully saturated rings. The topological polar surface area (TPSA) is 58.4 Å². The van der Waals surface area contributed by atoms with Gasteiger partial charge in [-0.05, 0) is 75.8 Å². The fraction of sp³-hybridized carbons (Fsp3) is 0.944. The lowest BCUT2D eigenvalue weighted by Gasteiger charge is -2.31. The van der Waals surface area contributed by atoms with Crippen LogP contribution in [-0.2, 0) is 4.79 Å². The van der Waals surface area contributed by atoms with Crippen LogP contribution in [0.2, 0.25) is 0 Å². The van der Waals surface area contributed by atoms with Crippen molar-refractivity contribution in [3.8, 4) is 0 Å². The normalized spacial score (nSPS) is 40.8. The summed E-state index contributed by atoms with van der Waals surface area (Å²) in [7, 11) is 0. The highest BCUT2D eigenvalue weighted by Crippen LogP contribution is 2.49. The summed E-state index contributed by atoms with van der Waals surface area (Å²) in [4.78, 5) is 14.9. The molecule has 3 N–H and O–H groups in total. The van der Waals surface area contributed by atoms with E-state index in [1.807, 2.05) is 6.92 Å². The van der Waals surface area contributed by atoms with Crippen molar-refractivity contribution < 1.29 is 4.79 Å². The van der Waals surface area contributed by atoms with Crippen molar-refractivity contribution in [2.75, 3.05) is 19.6 Å². The third-order valence-electron chi connectivity index (χ3n) is 6.81. The van der Waals surface area contributed by atoms with Gasteiger partial charge in [-0.25, -0.2) is 0 Å². The van der Waals surface area contributed by atoms with Crippen LogP contribution < -0.4 is 11.1 Å². The van der Waals surface area contributed by atoms with E-state index in [-0.39, 0.29) is 17.4 Å². The molecule has 6 unspecified atom stereocenters. The van der Waals surface area contributed by atoms with E-state index < -0.39 is 0 Å². The molecule has 1 aliphatic heterocycles. The minimum atomic E-state index is -0.0329. The van der Waals surface area contributed by atoms with Crippen molar-refractivity contribution in [2.45, 2.75) is 65.0 Å². The molecule has 3 rings (SSSR count). The quantitative estimate of drug-likeness (QED) is 0.816. The maximum atomic E-state index is 12.6. The van der Waals surface area contributed by atoms with Gasteiger partial charge in [0.2, 0.25) is 5.91 Å². The van der Waals surface area contributed by atoms with Crippen LogP contribution in [0.3, 0.4) is 0 Å². The molecule has 1 amide bonds. The summed E-state index contributed by atoms with van der Waals surface area (Å²) in [6, 6.07) is 0.295. The van der Waals surface area contributed by atoms with E-state index in [9.17, 15) is 4.79 Å². The number of carbonyl (C=O) groups is 1. The van der Waals surface area contributed by atoms with Gasteiger partial charge in [0, 0.05) is 12.6 Å². The molecule has 0 spiro atoms. The van der Waals surface area contributed by atoms with Crippen molar-refractivity contribution in [1.82, 2.24) is 10.2 Å². The molecule has 2 bridgehead atoms. The van der Waals surface area contributed by atoms with Crippen molar-refractivity contribution in [1.29, 1.82) is 0 Å². The Labute approximate surface area is 135 Å². The summed E-state index contributed by atoms with van der Waals surface area (Å²) in [5, 5.41) is 3.32. The summed E-state index contributed by atoms with van der Waals surface area (Å²) in [5.74, 6) is 2.72. The largest absolute Gasteiger partial charge is 0.352 e. The lowest BCUT2D eigenvalue weighted by molar-refractivity contribution is -0.126. The number of rotatable bonds is 5. The second kappa shape index (κ2) is 6.12. The molecule has 2 aliphatic carbocycles. The number of fused-ring (bicyclic) bond motifs is 2. The molecule has 0 radical (unpaired) electrons. The lowest BCUT2D eigenvalue weighted by Crippen LogP contribution is -2.49. The number of nitrogens with two attached hydrogens (primary N) is 1. The van der Waals surface area contributed by atoms with Crippen LogP contribution in [0.5, 0.6) is 0 Å². The van der Waals surface area contributed by atoms with Gasteiger partial charge in [0.15, 0.2) is 0 Å². The van der Waals surface area contributed by atoms with Crippen LogP contribution in [-0.4, -0.2) is 42.5 Å². The maximum Gasteiger partial charge on any atom is 0.237 e. The molecule has 22 heavy (non-hydrogen) atoms. The van der Waals surface area contributed by atoms with Gasteiger partial charge in [0.05, 0.1) is 6.04 Å². The first-order valence-corrected chi connectivity index (χ1v) is 9.16. The molecule has 4 nitrogen and oxygen atoms in total. The molecule has 4 heteroatoms. The van der Waals surface area contributed by atoms with Gasteiger partial charge in [-0.3, -0.25) is 9.69 Å². The van der Waals surface area contributed by atoms with Gasteiger partial charge in [0.1, 0.15) is 0 Å². The van der Waals surface area contributed by atoms with E-state index in [1.54, 1.807) is 0 Å². The minimum absolute atomic E-state index is 0.0329. The zero-order valence-electron chi connectivity index (χ0n) is 14.5. The summed E-state index contributed by atoms with van der Waals surface area (Å²) >= 11 is 0. The second-order valence-electron chi connectivity index (χ2n) is 8.55. The number of nitrogens with one attached hydrogen (secondary N) is 1. The van der Waals surface area contributed by atoms with Crippen LogP contribution >= 0.6 is 0 Å². The highest BCUT2D eigenvalue weighted by Gasteiger charge is 2.43. The summed E-state index contributed by atoms with van der Waals surface area (Å²) in [6.07, 6.45) is 6.63. The molecule has 0 aromatic carbocycles. The summed E-state index contributed by atoms with van der Waals surface area (Å²) < 4.78 is 0. The Kier molecular flexibility index (Phi) is 4.52. The van der Waals surface area contributed by atoms with Crippen LogP contribution in [0.15, 0.2) is 0 Å². The zero-order chi connectivity index (χ0) is 15.9. The van der Waals surface area contributed by atoms with Crippen molar-refractivity contribution >= 4 is 5.91 Å². The first-order chi connectivity index (χ1) is 10.4. The fourth-order valence-electron chi connectivity index (χ4n) is 5.08. The predicted molar refractivity (Wildman–Crippen MR) is 89.4 cm³/mol. The molecular weight excluding hydrogens is 274 g/mol. The van der Waals surface area contributed by atoms with Gasteiger partial charge in [-0.1, -0.05) is 13.3 Å². The Morgan fingerprint density at radius 1 is 1.36 bits per heavy atom. The third kappa shape index (κ3) is 3.05. The highest BCUT2D eigenvalue weighted by atomic mass is 16.2. The standard InChI is InChI=1S/C18H33N3O/c1-12(16-9-14-4-5-15(16)8-14)20-17(22)13(2)21-7-6-18(3,10-19)11-21/h12-16H,4-11,19H2,1-3H3,(H,20,22). The smallest absolute Gasteiger partial charge is 0.237 e. The third-order valence-corrected chi connectivity index (χ3v) is 6.81. The second-order valence-corrected chi connectivity index (χ2v) is 8.55. The van der Waals surface area contributed by atoms with Crippen LogP contribution in [0.1, 0.15) is 52.9 Å². The first-order valence-electron chi connectivity index (χ1n) is 9.16. The lowest BCUT2D eigenvalue weighted by atomic mass is 9.84.